The van der Waals surface area contributed by atoms with Crippen molar-refractivity contribution in [2.45, 2.75) is 12.8 Å². The topological polar surface area (TPSA) is 122 Å². The summed E-state index contributed by atoms with van der Waals surface area (Å²) < 4.78 is 1.30. The van der Waals surface area contributed by atoms with E-state index in [1.807, 2.05) is 4.90 Å². The maximum atomic E-state index is 12.7. The van der Waals surface area contributed by atoms with E-state index >= 15 is 0 Å². The first-order valence-electron chi connectivity index (χ1n) is 8.36. The van der Waals surface area contributed by atoms with E-state index in [0.717, 1.165) is 19.4 Å². The summed E-state index contributed by atoms with van der Waals surface area (Å²) in [4.78, 5) is 41.4. The molecule has 2 N–H and O–H groups in total. The standard InChI is InChI=1S/C16H18N8O2/c1-23-12(25)5-4-11(22-23)24-6-2-3-10(7-24)16(26)21-15-13-14(18-8-17-13)19-9-20-15/h4-5,8-10H,2-3,6-7H2,1H3,(H2,17,18,19,20,21,26). The van der Waals surface area contributed by atoms with E-state index in [1.54, 1.807) is 13.1 Å². The number of carbonyl (C=O) groups excluding carboxylic acids is 1. The number of aromatic nitrogens is 6. The molecule has 3 aromatic heterocycles. The van der Waals surface area contributed by atoms with E-state index in [4.69, 9.17) is 0 Å². The highest BCUT2D eigenvalue weighted by atomic mass is 16.2. The fourth-order valence-electron chi connectivity index (χ4n) is 3.14. The van der Waals surface area contributed by atoms with Crippen LogP contribution in [0.15, 0.2) is 29.6 Å². The highest BCUT2D eigenvalue weighted by Gasteiger charge is 2.27. The molecule has 10 nitrogen and oxygen atoms in total. The number of amides is 1. The molecule has 0 spiro atoms. The molecular weight excluding hydrogens is 336 g/mol. The Hall–Kier alpha value is -3.30. The Balaban J connectivity index is 1.50. The smallest absolute Gasteiger partial charge is 0.266 e. The van der Waals surface area contributed by atoms with Crippen LogP contribution in [0.1, 0.15) is 12.8 Å². The fourth-order valence-corrected chi connectivity index (χ4v) is 3.14. The fraction of sp³-hybridized carbons (Fsp3) is 0.375. The van der Waals surface area contributed by atoms with Crippen LogP contribution in [0.3, 0.4) is 0 Å². The molecule has 1 aliphatic heterocycles. The quantitative estimate of drug-likeness (QED) is 0.694. The van der Waals surface area contributed by atoms with E-state index in [9.17, 15) is 9.59 Å². The summed E-state index contributed by atoms with van der Waals surface area (Å²) in [5.74, 6) is 0.822. The number of hydrogen-bond donors (Lipinski definition) is 2. The van der Waals surface area contributed by atoms with Crippen LogP contribution in [-0.4, -0.2) is 48.7 Å². The van der Waals surface area contributed by atoms with Crippen molar-refractivity contribution in [3.05, 3.63) is 35.1 Å². The minimum absolute atomic E-state index is 0.103. The van der Waals surface area contributed by atoms with Gasteiger partial charge in [-0.15, -0.1) is 0 Å². The summed E-state index contributed by atoms with van der Waals surface area (Å²) in [6.45, 7) is 1.33. The molecule has 10 heteroatoms. The third kappa shape index (κ3) is 3.01. The van der Waals surface area contributed by atoms with E-state index in [1.165, 1.54) is 23.4 Å². The molecule has 3 aromatic rings. The van der Waals surface area contributed by atoms with Crippen LogP contribution in [-0.2, 0) is 11.8 Å². The van der Waals surface area contributed by atoms with Crippen LogP contribution >= 0.6 is 0 Å². The van der Waals surface area contributed by atoms with Crippen molar-refractivity contribution in [3.8, 4) is 0 Å². The van der Waals surface area contributed by atoms with E-state index in [0.29, 0.717) is 29.3 Å². The number of hydrogen-bond acceptors (Lipinski definition) is 7. The SMILES string of the molecule is Cn1nc(N2CCCC(C(=O)Nc3ncnc4nc[nH]c34)C2)ccc1=O. The van der Waals surface area contributed by atoms with Gasteiger partial charge in [0.2, 0.25) is 5.91 Å². The van der Waals surface area contributed by atoms with Gasteiger partial charge in [-0.2, -0.15) is 5.10 Å². The first kappa shape index (κ1) is 16.2. The Morgan fingerprint density at radius 1 is 1.31 bits per heavy atom. The average molecular weight is 354 g/mol. The molecule has 1 saturated heterocycles. The molecular formula is C16H18N8O2. The lowest BCUT2D eigenvalue weighted by molar-refractivity contribution is -0.120. The number of fused-ring (bicyclic) bond motifs is 1. The Labute approximate surface area is 148 Å². The number of H-pyrrole nitrogens is 1. The van der Waals surface area contributed by atoms with Gasteiger partial charge in [0.1, 0.15) is 17.7 Å². The monoisotopic (exact) mass is 354 g/mol. The summed E-state index contributed by atoms with van der Waals surface area (Å²) in [6, 6.07) is 3.18. The summed E-state index contributed by atoms with van der Waals surface area (Å²) in [5.41, 5.74) is 0.954. The number of aromatic amines is 1. The van der Waals surface area contributed by atoms with Gasteiger partial charge in [0.15, 0.2) is 11.5 Å². The Kier molecular flexibility index (Phi) is 4.07. The van der Waals surface area contributed by atoms with Gasteiger partial charge in [0, 0.05) is 26.2 Å². The Bertz CT molecular complexity index is 1010. The van der Waals surface area contributed by atoms with Gasteiger partial charge >= 0.3 is 0 Å². The molecule has 4 heterocycles. The normalized spacial score (nSPS) is 17.4. The lowest BCUT2D eigenvalue weighted by atomic mass is 9.97. The average Bonchev–Trinajstić information content (AvgIpc) is 3.14. The van der Waals surface area contributed by atoms with Gasteiger partial charge in [0.05, 0.1) is 12.2 Å². The zero-order valence-electron chi connectivity index (χ0n) is 14.2. The van der Waals surface area contributed by atoms with Crippen molar-refractivity contribution in [2.75, 3.05) is 23.3 Å². The number of piperidine rings is 1. The Morgan fingerprint density at radius 3 is 3.04 bits per heavy atom. The van der Waals surface area contributed by atoms with Crippen molar-refractivity contribution >= 4 is 28.7 Å². The molecule has 1 atom stereocenters. The number of imidazole rings is 1. The van der Waals surface area contributed by atoms with Gasteiger partial charge in [-0.3, -0.25) is 9.59 Å². The van der Waals surface area contributed by atoms with Crippen molar-refractivity contribution in [3.63, 3.8) is 0 Å². The van der Waals surface area contributed by atoms with Crippen LogP contribution in [0.2, 0.25) is 0 Å². The molecule has 1 aliphatic rings. The second-order valence-corrected chi connectivity index (χ2v) is 6.25. The van der Waals surface area contributed by atoms with Gasteiger partial charge in [0.25, 0.3) is 5.56 Å². The predicted molar refractivity (Wildman–Crippen MR) is 94.7 cm³/mol. The number of nitrogens with one attached hydrogen (secondary N) is 2. The molecule has 1 unspecified atom stereocenters. The molecule has 0 aliphatic carbocycles. The van der Waals surface area contributed by atoms with Crippen LogP contribution in [0.4, 0.5) is 11.6 Å². The zero-order chi connectivity index (χ0) is 18.1. The largest absolute Gasteiger partial charge is 0.354 e. The van der Waals surface area contributed by atoms with Crippen molar-refractivity contribution in [2.24, 2.45) is 13.0 Å². The van der Waals surface area contributed by atoms with Crippen LogP contribution in [0.25, 0.3) is 11.2 Å². The summed E-state index contributed by atoms with van der Waals surface area (Å²) in [7, 11) is 1.62. The zero-order valence-corrected chi connectivity index (χ0v) is 14.2. The Morgan fingerprint density at radius 2 is 2.19 bits per heavy atom. The molecule has 0 saturated carbocycles. The second kappa shape index (κ2) is 6.54. The van der Waals surface area contributed by atoms with Gasteiger partial charge in [-0.1, -0.05) is 0 Å². The minimum Gasteiger partial charge on any atom is -0.354 e. The van der Waals surface area contributed by atoms with E-state index in [2.05, 4.69) is 30.4 Å². The first-order valence-corrected chi connectivity index (χ1v) is 8.36. The van der Waals surface area contributed by atoms with Crippen LogP contribution < -0.4 is 15.8 Å². The first-order chi connectivity index (χ1) is 12.6. The highest BCUT2D eigenvalue weighted by molar-refractivity contribution is 5.98. The van der Waals surface area contributed by atoms with Gasteiger partial charge < -0.3 is 15.2 Å². The van der Waals surface area contributed by atoms with Crippen molar-refractivity contribution in [1.29, 1.82) is 0 Å². The maximum Gasteiger partial charge on any atom is 0.266 e. The number of anilines is 2. The third-order valence-electron chi connectivity index (χ3n) is 4.53. The summed E-state index contributed by atoms with van der Waals surface area (Å²) >= 11 is 0. The minimum atomic E-state index is -0.198. The second-order valence-electron chi connectivity index (χ2n) is 6.25. The molecule has 4 rings (SSSR count). The van der Waals surface area contributed by atoms with Gasteiger partial charge in [-0.25, -0.2) is 19.6 Å². The summed E-state index contributed by atoms with van der Waals surface area (Å²) in [6.07, 6.45) is 4.54. The maximum absolute atomic E-state index is 12.7. The lowest BCUT2D eigenvalue weighted by Crippen LogP contribution is -2.41. The third-order valence-corrected chi connectivity index (χ3v) is 4.53. The molecule has 134 valence electrons. The molecule has 0 radical (unpaired) electrons. The number of aryl methyl sites for hydroxylation is 1. The van der Waals surface area contributed by atoms with E-state index < -0.39 is 0 Å². The molecule has 1 fully saturated rings. The predicted octanol–water partition coefficient (Wildman–Crippen LogP) is 0.302. The van der Waals surface area contributed by atoms with Crippen molar-refractivity contribution < 1.29 is 4.79 Å². The highest BCUT2D eigenvalue weighted by Crippen LogP contribution is 2.23. The van der Waals surface area contributed by atoms with Crippen LogP contribution in [0.5, 0.6) is 0 Å². The lowest BCUT2D eigenvalue weighted by Gasteiger charge is -2.32. The molecule has 1 amide bonds. The molecule has 0 aromatic carbocycles. The van der Waals surface area contributed by atoms with E-state index in [-0.39, 0.29) is 17.4 Å². The van der Waals surface area contributed by atoms with Gasteiger partial charge in [-0.05, 0) is 18.9 Å². The van der Waals surface area contributed by atoms with Crippen molar-refractivity contribution in [1.82, 2.24) is 29.7 Å². The molecule has 26 heavy (non-hydrogen) atoms. The number of nitrogens with zero attached hydrogens (tertiary/aromatic N) is 6. The molecule has 0 bridgehead atoms. The summed E-state index contributed by atoms with van der Waals surface area (Å²) in [5, 5.41) is 7.14. The van der Waals surface area contributed by atoms with Crippen LogP contribution in [0, 0.1) is 5.92 Å². The number of rotatable bonds is 3. The number of carbonyl (C=O) groups is 1.